The second kappa shape index (κ2) is 8.96. The van der Waals surface area contributed by atoms with Crippen LogP contribution in [0, 0.1) is 0 Å². The Kier molecular flexibility index (Phi) is 7.17. The fourth-order valence-corrected chi connectivity index (χ4v) is 1.71. The summed E-state index contributed by atoms with van der Waals surface area (Å²) in [5.74, 6) is -0.470. The number of ether oxygens (including phenoxy) is 1. The number of hydrogen-bond donors (Lipinski definition) is 2. The zero-order valence-corrected chi connectivity index (χ0v) is 11.7. The van der Waals surface area contributed by atoms with Crippen molar-refractivity contribution in [3.8, 4) is 5.75 Å². The van der Waals surface area contributed by atoms with Crippen molar-refractivity contribution in [2.24, 2.45) is 0 Å². The summed E-state index contributed by atoms with van der Waals surface area (Å²) in [7, 11) is 0. The van der Waals surface area contributed by atoms with Gasteiger partial charge in [-0.25, -0.2) is 0 Å². The van der Waals surface area contributed by atoms with E-state index in [1.165, 1.54) is 5.56 Å². The number of hydrogen-bond acceptors (Lipinski definition) is 3. The number of carbonyl (C=O) groups is 2. The van der Waals surface area contributed by atoms with Crippen molar-refractivity contribution in [1.82, 2.24) is 5.32 Å². The highest BCUT2D eigenvalue weighted by Crippen LogP contribution is 2.12. The predicted molar refractivity (Wildman–Crippen MR) is 75.8 cm³/mol. The standard InChI is InChI=1S/C15H21NO4/c1-2-3-12-4-6-13(7-5-12)20-11-10-16-14(17)8-9-15(18)19/h4-7H,2-3,8-11H2,1H3,(H,16,17)(H,18,19). The summed E-state index contributed by atoms with van der Waals surface area (Å²) in [6, 6.07) is 7.89. The van der Waals surface area contributed by atoms with Gasteiger partial charge < -0.3 is 15.2 Å². The van der Waals surface area contributed by atoms with Crippen LogP contribution in [0.2, 0.25) is 0 Å². The largest absolute Gasteiger partial charge is 0.492 e. The normalized spacial score (nSPS) is 10.1. The van der Waals surface area contributed by atoms with Crippen LogP contribution in [-0.4, -0.2) is 30.1 Å². The maximum Gasteiger partial charge on any atom is 0.303 e. The minimum atomic E-state index is -0.969. The Morgan fingerprint density at radius 1 is 1.20 bits per heavy atom. The topological polar surface area (TPSA) is 75.6 Å². The van der Waals surface area contributed by atoms with Gasteiger partial charge in [-0.15, -0.1) is 0 Å². The second-order valence-corrected chi connectivity index (χ2v) is 4.49. The molecule has 0 heterocycles. The average Bonchev–Trinajstić information content (AvgIpc) is 2.43. The molecule has 1 amide bonds. The minimum Gasteiger partial charge on any atom is -0.492 e. The molecule has 1 rings (SSSR count). The van der Waals surface area contributed by atoms with Crippen molar-refractivity contribution in [1.29, 1.82) is 0 Å². The molecule has 5 nitrogen and oxygen atoms in total. The Balaban J connectivity index is 2.17. The van der Waals surface area contributed by atoms with Gasteiger partial charge in [0.1, 0.15) is 12.4 Å². The molecule has 0 aliphatic carbocycles. The van der Waals surface area contributed by atoms with Gasteiger partial charge in [0.15, 0.2) is 0 Å². The molecule has 0 bridgehead atoms. The van der Waals surface area contributed by atoms with Crippen molar-refractivity contribution >= 4 is 11.9 Å². The molecule has 0 saturated carbocycles. The first-order chi connectivity index (χ1) is 9.61. The number of aliphatic carboxylic acids is 1. The first-order valence-electron chi connectivity index (χ1n) is 6.82. The van der Waals surface area contributed by atoms with Crippen LogP contribution < -0.4 is 10.1 Å². The SMILES string of the molecule is CCCc1ccc(OCCNC(=O)CCC(=O)O)cc1. The zero-order chi connectivity index (χ0) is 14.8. The van der Waals surface area contributed by atoms with Crippen LogP contribution in [0.1, 0.15) is 31.7 Å². The molecule has 0 atom stereocenters. The number of carboxylic acids is 1. The van der Waals surface area contributed by atoms with Crippen LogP contribution in [-0.2, 0) is 16.0 Å². The minimum absolute atomic E-state index is 0.00104. The second-order valence-electron chi connectivity index (χ2n) is 4.49. The van der Waals surface area contributed by atoms with E-state index < -0.39 is 5.97 Å². The van der Waals surface area contributed by atoms with Gasteiger partial charge in [0.05, 0.1) is 13.0 Å². The quantitative estimate of drug-likeness (QED) is 0.678. The Hall–Kier alpha value is -2.04. The molecule has 5 heteroatoms. The fraction of sp³-hybridized carbons (Fsp3) is 0.467. The summed E-state index contributed by atoms with van der Waals surface area (Å²) < 4.78 is 5.48. The highest BCUT2D eigenvalue weighted by Gasteiger charge is 2.04. The van der Waals surface area contributed by atoms with Crippen LogP contribution in [0.3, 0.4) is 0 Å². The molecular formula is C15H21NO4. The van der Waals surface area contributed by atoms with E-state index in [1.807, 2.05) is 24.3 Å². The van der Waals surface area contributed by atoms with Crippen molar-refractivity contribution in [2.45, 2.75) is 32.6 Å². The van der Waals surface area contributed by atoms with Gasteiger partial charge in [0.25, 0.3) is 0 Å². The fourth-order valence-electron chi connectivity index (χ4n) is 1.71. The van der Waals surface area contributed by atoms with E-state index in [-0.39, 0.29) is 18.7 Å². The molecular weight excluding hydrogens is 258 g/mol. The molecule has 0 unspecified atom stereocenters. The van der Waals surface area contributed by atoms with Gasteiger partial charge in [-0.2, -0.15) is 0 Å². The highest BCUT2D eigenvalue weighted by atomic mass is 16.5. The average molecular weight is 279 g/mol. The summed E-state index contributed by atoms with van der Waals surface area (Å²) in [6.07, 6.45) is 2.02. The third-order valence-electron chi connectivity index (χ3n) is 2.72. The smallest absolute Gasteiger partial charge is 0.303 e. The van der Waals surface area contributed by atoms with Crippen molar-refractivity contribution < 1.29 is 19.4 Å². The molecule has 110 valence electrons. The third-order valence-corrected chi connectivity index (χ3v) is 2.72. The summed E-state index contributed by atoms with van der Waals surface area (Å²) in [4.78, 5) is 21.5. The van der Waals surface area contributed by atoms with E-state index in [4.69, 9.17) is 9.84 Å². The molecule has 0 radical (unpaired) electrons. The number of amides is 1. The molecule has 0 saturated heterocycles. The zero-order valence-electron chi connectivity index (χ0n) is 11.7. The number of nitrogens with one attached hydrogen (secondary N) is 1. The Bertz CT molecular complexity index is 428. The molecule has 1 aromatic rings. The van der Waals surface area contributed by atoms with Crippen LogP contribution >= 0.6 is 0 Å². The lowest BCUT2D eigenvalue weighted by Gasteiger charge is -2.08. The van der Waals surface area contributed by atoms with Crippen LogP contribution in [0.25, 0.3) is 0 Å². The summed E-state index contributed by atoms with van der Waals surface area (Å²) in [5.41, 5.74) is 1.28. The number of aryl methyl sites for hydroxylation is 1. The summed E-state index contributed by atoms with van der Waals surface area (Å²) >= 11 is 0. The lowest BCUT2D eigenvalue weighted by atomic mass is 10.1. The summed E-state index contributed by atoms with van der Waals surface area (Å²) in [5, 5.41) is 11.1. The van der Waals surface area contributed by atoms with E-state index >= 15 is 0 Å². The lowest BCUT2D eigenvalue weighted by Crippen LogP contribution is -2.28. The van der Waals surface area contributed by atoms with Crippen molar-refractivity contribution in [2.75, 3.05) is 13.2 Å². The first kappa shape index (κ1) is 16.0. The number of carbonyl (C=O) groups excluding carboxylic acids is 1. The molecule has 0 aromatic heterocycles. The Morgan fingerprint density at radius 2 is 1.90 bits per heavy atom. The Labute approximate surface area is 118 Å². The maximum absolute atomic E-state index is 11.2. The van der Waals surface area contributed by atoms with Crippen molar-refractivity contribution in [3.63, 3.8) is 0 Å². The third kappa shape index (κ3) is 6.78. The van der Waals surface area contributed by atoms with Gasteiger partial charge >= 0.3 is 5.97 Å². The molecule has 0 aliphatic rings. The van der Waals surface area contributed by atoms with Crippen LogP contribution in [0.5, 0.6) is 5.75 Å². The van der Waals surface area contributed by atoms with E-state index in [0.29, 0.717) is 13.2 Å². The maximum atomic E-state index is 11.2. The van der Waals surface area contributed by atoms with Gasteiger partial charge in [0, 0.05) is 6.42 Å². The van der Waals surface area contributed by atoms with Crippen LogP contribution in [0.15, 0.2) is 24.3 Å². The number of rotatable bonds is 9. The molecule has 0 aliphatic heterocycles. The predicted octanol–water partition coefficient (Wildman–Crippen LogP) is 2.00. The van der Waals surface area contributed by atoms with Crippen molar-refractivity contribution in [3.05, 3.63) is 29.8 Å². The monoisotopic (exact) mass is 279 g/mol. The molecule has 20 heavy (non-hydrogen) atoms. The number of carboxylic acid groups (broad SMARTS) is 1. The molecule has 1 aromatic carbocycles. The Morgan fingerprint density at radius 3 is 2.50 bits per heavy atom. The molecule has 0 spiro atoms. The van der Waals surface area contributed by atoms with Gasteiger partial charge in [-0.05, 0) is 24.1 Å². The van der Waals surface area contributed by atoms with E-state index in [1.54, 1.807) is 0 Å². The van der Waals surface area contributed by atoms with E-state index in [2.05, 4.69) is 12.2 Å². The van der Waals surface area contributed by atoms with Gasteiger partial charge in [-0.1, -0.05) is 25.5 Å². The summed E-state index contributed by atoms with van der Waals surface area (Å²) in [6.45, 7) is 2.87. The van der Waals surface area contributed by atoms with E-state index in [9.17, 15) is 9.59 Å². The first-order valence-corrected chi connectivity index (χ1v) is 6.82. The van der Waals surface area contributed by atoms with Gasteiger partial charge in [0.2, 0.25) is 5.91 Å². The van der Waals surface area contributed by atoms with Crippen LogP contribution in [0.4, 0.5) is 0 Å². The van der Waals surface area contributed by atoms with E-state index in [0.717, 1.165) is 18.6 Å². The highest BCUT2D eigenvalue weighted by molar-refractivity contribution is 5.80. The van der Waals surface area contributed by atoms with Gasteiger partial charge in [-0.3, -0.25) is 9.59 Å². The molecule has 0 fully saturated rings. The molecule has 2 N–H and O–H groups in total. The number of benzene rings is 1. The lowest BCUT2D eigenvalue weighted by molar-refractivity contribution is -0.138.